The van der Waals surface area contributed by atoms with Gasteiger partial charge in [-0.25, -0.2) is 0 Å². The summed E-state index contributed by atoms with van der Waals surface area (Å²) in [4.78, 5) is 0. The van der Waals surface area contributed by atoms with Gasteiger partial charge >= 0.3 is 0 Å². The van der Waals surface area contributed by atoms with Crippen molar-refractivity contribution in [2.45, 2.75) is 122 Å². The van der Waals surface area contributed by atoms with Crippen molar-refractivity contribution in [3.63, 3.8) is 0 Å². The number of unbranched alkanes of at least 4 members (excludes halogenated alkanes) is 9. The molecule has 3 heteroatoms. The van der Waals surface area contributed by atoms with Gasteiger partial charge < -0.3 is 4.74 Å². The summed E-state index contributed by atoms with van der Waals surface area (Å²) in [7, 11) is 0. The Morgan fingerprint density at radius 3 is 1.91 bits per heavy atom. The molecule has 0 saturated heterocycles. The maximum atomic E-state index is 5.90. The fourth-order valence-electron chi connectivity index (χ4n) is 3.18. The number of hydrogen-bond acceptors (Lipinski definition) is 3. The molecule has 1 aliphatic rings. The minimum Gasteiger partial charge on any atom is -0.353 e. The van der Waals surface area contributed by atoms with Crippen LogP contribution >= 0.6 is 0 Å². The van der Waals surface area contributed by atoms with Crippen LogP contribution in [0.3, 0.4) is 0 Å². The van der Waals surface area contributed by atoms with Gasteiger partial charge in [0.15, 0.2) is 5.72 Å². The standard InChI is InChI=1S/C20H40N2O/c1-4-5-6-7-8-9-10-11-12-15-18-23-20(2,3)22-21-19-16-13-14-17-19/h19H,4-18H2,1-3H3/b22-21+. The van der Waals surface area contributed by atoms with Crippen LogP contribution in [0, 0.1) is 0 Å². The quantitative estimate of drug-likeness (QED) is 0.249. The average Bonchev–Trinajstić information content (AvgIpc) is 3.04. The van der Waals surface area contributed by atoms with E-state index >= 15 is 0 Å². The van der Waals surface area contributed by atoms with Gasteiger partial charge in [0.1, 0.15) is 0 Å². The Balaban J connectivity index is 1.91. The third kappa shape index (κ3) is 11.7. The minimum absolute atomic E-state index is 0.443. The summed E-state index contributed by atoms with van der Waals surface area (Å²) in [6.07, 6.45) is 18.6. The van der Waals surface area contributed by atoms with E-state index < -0.39 is 5.72 Å². The van der Waals surface area contributed by atoms with Crippen molar-refractivity contribution in [1.29, 1.82) is 0 Å². The first-order valence-electron chi connectivity index (χ1n) is 10.2. The van der Waals surface area contributed by atoms with Crippen molar-refractivity contribution in [2.24, 2.45) is 10.2 Å². The van der Waals surface area contributed by atoms with Gasteiger partial charge in [-0.05, 0) is 33.1 Å². The molecule has 23 heavy (non-hydrogen) atoms. The van der Waals surface area contributed by atoms with E-state index in [2.05, 4.69) is 17.2 Å². The van der Waals surface area contributed by atoms with E-state index in [0.29, 0.717) is 6.04 Å². The van der Waals surface area contributed by atoms with Crippen LogP contribution in [0.25, 0.3) is 0 Å². The Morgan fingerprint density at radius 2 is 1.35 bits per heavy atom. The lowest BCUT2D eigenvalue weighted by atomic mass is 10.1. The minimum atomic E-state index is -0.443. The van der Waals surface area contributed by atoms with Crippen LogP contribution in [-0.2, 0) is 4.74 Å². The number of ether oxygens (including phenoxy) is 1. The molecule has 0 unspecified atom stereocenters. The highest BCUT2D eigenvalue weighted by atomic mass is 16.5. The van der Waals surface area contributed by atoms with Gasteiger partial charge in [0.25, 0.3) is 0 Å². The van der Waals surface area contributed by atoms with Crippen LogP contribution < -0.4 is 0 Å². The number of rotatable bonds is 14. The van der Waals surface area contributed by atoms with Crippen LogP contribution in [0.4, 0.5) is 0 Å². The second-order valence-electron chi connectivity index (χ2n) is 7.63. The van der Waals surface area contributed by atoms with Crippen molar-refractivity contribution >= 4 is 0 Å². The SMILES string of the molecule is CCCCCCCCCCCCOC(C)(C)/N=N/C1CCCC1. The second-order valence-corrected chi connectivity index (χ2v) is 7.63. The molecule has 0 aromatic rings. The van der Waals surface area contributed by atoms with Crippen LogP contribution in [0.2, 0.25) is 0 Å². The largest absolute Gasteiger partial charge is 0.353 e. The molecule has 136 valence electrons. The van der Waals surface area contributed by atoms with Gasteiger partial charge in [-0.1, -0.05) is 77.6 Å². The van der Waals surface area contributed by atoms with E-state index in [-0.39, 0.29) is 0 Å². The summed E-state index contributed by atoms with van der Waals surface area (Å²) in [6, 6.07) is 0.454. The molecular formula is C20H40N2O. The highest BCUT2D eigenvalue weighted by Crippen LogP contribution is 2.23. The first-order valence-corrected chi connectivity index (χ1v) is 10.2. The Morgan fingerprint density at radius 1 is 0.826 bits per heavy atom. The molecule has 1 fully saturated rings. The predicted molar refractivity (Wildman–Crippen MR) is 99.0 cm³/mol. The Labute approximate surface area is 144 Å². The molecule has 0 atom stereocenters. The molecule has 0 bridgehead atoms. The normalized spacial score (nSPS) is 16.7. The van der Waals surface area contributed by atoms with Crippen molar-refractivity contribution in [1.82, 2.24) is 0 Å². The third-order valence-corrected chi connectivity index (χ3v) is 4.74. The lowest BCUT2D eigenvalue weighted by molar-refractivity contribution is -0.0187. The Kier molecular flexibility index (Phi) is 11.6. The summed E-state index contributed by atoms with van der Waals surface area (Å²) in [6.45, 7) is 7.15. The molecular weight excluding hydrogens is 284 g/mol. The van der Waals surface area contributed by atoms with Crippen molar-refractivity contribution in [3.8, 4) is 0 Å². The molecule has 0 aliphatic heterocycles. The summed E-state index contributed by atoms with van der Waals surface area (Å²) in [5, 5.41) is 8.89. The van der Waals surface area contributed by atoms with Gasteiger partial charge in [0.2, 0.25) is 0 Å². The second kappa shape index (κ2) is 12.9. The average molecular weight is 325 g/mol. The van der Waals surface area contributed by atoms with Gasteiger partial charge in [-0.2, -0.15) is 10.2 Å². The van der Waals surface area contributed by atoms with Crippen LogP contribution in [0.5, 0.6) is 0 Å². The first kappa shape index (κ1) is 20.6. The van der Waals surface area contributed by atoms with Crippen molar-refractivity contribution < 1.29 is 4.74 Å². The number of nitrogens with zero attached hydrogens (tertiary/aromatic N) is 2. The summed E-state index contributed by atoms with van der Waals surface area (Å²) < 4.78 is 5.90. The molecule has 0 aromatic carbocycles. The Hall–Kier alpha value is -0.440. The monoisotopic (exact) mass is 324 g/mol. The lowest BCUT2D eigenvalue weighted by Gasteiger charge is -2.19. The summed E-state index contributed by atoms with van der Waals surface area (Å²) >= 11 is 0. The topological polar surface area (TPSA) is 34.0 Å². The molecule has 0 heterocycles. The fraction of sp³-hybridized carbons (Fsp3) is 1.00. The summed E-state index contributed by atoms with van der Waals surface area (Å²) in [5.41, 5.74) is -0.443. The molecule has 0 radical (unpaired) electrons. The molecule has 1 rings (SSSR count). The van der Waals surface area contributed by atoms with Gasteiger partial charge in [-0.15, -0.1) is 0 Å². The van der Waals surface area contributed by atoms with E-state index in [1.807, 2.05) is 13.8 Å². The van der Waals surface area contributed by atoms with Crippen LogP contribution in [0.15, 0.2) is 10.2 Å². The van der Waals surface area contributed by atoms with Crippen LogP contribution in [-0.4, -0.2) is 18.4 Å². The zero-order chi connectivity index (χ0) is 16.8. The molecule has 0 aromatic heterocycles. The highest BCUT2D eigenvalue weighted by Gasteiger charge is 2.19. The maximum absolute atomic E-state index is 5.90. The first-order chi connectivity index (χ1) is 11.1. The lowest BCUT2D eigenvalue weighted by Crippen LogP contribution is -2.22. The number of azo groups is 1. The molecule has 3 nitrogen and oxygen atoms in total. The van der Waals surface area contributed by atoms with E-state index in [9.17, 15) is 0 Å². The fourth-order valence-corrected chi connectivity index (χ4v) is 3.18. The zero-order valence-electron chi connectivity index (χ0n) is 16.0. The Bertz CT molecular complexity index is 296. The van der Waals surface area contributed by atoms with E-state index in [1.54, 1.807) is 0 Å². The molecule has 0 amide bonds. The molecule has 0 spiro atoms. The van der Waals surface area contributed by atoms with E-state index in [1.165, 1.54) is 83.5 Å². The van der Waals surface area contributed by atoms with E-state index in [4.69, 9.17) is 4.74 Å². The smallest absolute Gasteiger partial charge is 0.173 e. The van der Waals surface area contributed by atoms with Gasteiger partial charge in [-0.3, -0.25) is 0 Å². The van der Waals surface area contributed by atoms with Crippen LogP contribution in [0.1, 0.15) is 111 Å². The molecule has 1 aliphatic carbocycles. The molecule has 1 saturated carbocycles. The third-order valence-electron chi connectivity index (χ3n) is 4.74. The molecule has 0 N–H and O–H groups in total. The summed E-state index contributed by atoms with van der Waals surface area (Å²) in [5.74, 6) is 0. The van der Waals surface area contributed by atoms with Gasteiger partial charge in [0, 0.05) is 6.61 Å². The van der Waals surface area contributed by atoms with E-state index in [0.717, 1.165) is 13.0 Å². The highest BCUT2D eigenvalue weighted by molar-refractivity contribution is 4.73. The van der Waals surface area contributed by atoms with Gasteiger partial charge in [0.05, 0.1) is 6.04 Å². The number of hydrogen-bond donors (Lipinski definition) is 0. The zero-order valence-corrected chi connectivity index (χ0v) is 16.0. The predicted octanol–water partition coefficient (Wildman–Crippen LogP) is 7.05. The van der Waals surface area contributed by atoms with Crippen molar-refractivity contribution in [3.05, 3.63) is 0 Å². The maximum Gasteiger partial charge on any atom is 0.173 e. The van der Waals surface area contributed by atoms with Crippen molar-refractivity contribution in [2.75, 3.05) is 6.61 Å².